The molecule has 3 rings (SSSR count). The molecule has 2 bridgehead atoms. The van der Waals surface area contributed by atoms with E-state index in [4.69, 9.17) is 4.74 Å². The van der Waals surface area contributed by atoms with Crippen LogP contribution in [0.5, 0.6) is 0 Å². The molecule has 2 aliphatic heterocycles. The fourth-order valence-electron chi connectivity index (χ4n) is 3.58. The fraction of sp³-hybridized carbons (Fsp3) is 0.579. The maximum atomic E-state index is 12.3. The van der Waals surface area contributed by atoms with Gasteiger partial charge in [0, 0.05) is 33.6 Å². The van der Waals surface area contributed by atoms with Crippen LogP contribution in [0.2, 0.25) is 0 Å². The van der Waals surface area contributed by atoms with Gasteiger partial charge in [-0.1, -0.05) is 30.3 Å². The highest BCUT2D eigenvalue weighted by Crippen LogP contribution is 2.34. The van der Waals surface area contributed by atoms with Crippen molar-refractivity contribution in [2.75, 3.05) is 20.6 Å². The third kappa shape index (κ3) is 5.57. The van der Waals surface area contributed by atoms with E-state index in [1.165, 1.54) is 6.42 Å². The van der Waals surface area contributed by atoms with E-state index in [1.807, 2.05) is 37.4 Å². The van der Waals surface area contributed by atoms with Crippen molar-refractivity contribution in [3.8, 4) is 0 Å². The van der Waals surface area contributed by atoms with Crippen LogP contribution in [-0.2, 0) is 16.1 Å². The second kappa shape index (κ2) is 10.1. The van der Waals surface area contributed by atoms with Gasteiger partial charge < -0.3 is 20.3 Å². The molecule has 144 valence electrons. The van der Waals surface area contributed by atoms with Gasteiger partial charge >= 0.3 is 0 Å². The van der Waals surface area contributed by atoms with Gasteiger partial charge in [0.1, 0.15) is 0 Å². The fourth-order valence-corrected chi connectivity index (χ4v) is 3.58. The van der Waals surface area contributed by atoms with Crippen molar-refractivity contribution < 1.29 is 9.53 Å². The van der Waals surface area contributed by atoms with Crippen LogP contribution in [-0.4, -0.2) is 55.7 Å². The molecule has 0 saturated carbocycles. The van der Waals surface area contributed by atoms with Crippen molar-refractivity contribution in [3.05, 3.63) is 35.9 Å². The first-order valence-electron chi connectivity index (χ1n) is 9.06. The minimum Gasteiger partial charge on any atom is -0.373 e. The topological polar surface area (TPSA) is 66.0 Å². The van der Waals surface area contributed by atoms with Gasteiger partial charge in [0.15, 0.2) is 5.96 Å². The van der Waals surface area contributed by atoms with Crippen molar-refractivity contribution in [2.24, 2.45) is 4.99 Å². The van der Waals surface area contributed by atoms with Gasteiger partial charge in [-0.2, -0.15) is 0 Å². The largest absolute Gasteiger partial charge is 0.373 e. The molecule has 2 fully saturated rings. The van der Waals surface area contributed by atoms with Crippen molar-refractivity contribution >= 4 is 35.8 Å². The van der Waals surface area contributed by atoms with E-state index in [1.54, 1.807) is 11.9 Å². The third-order valence-electron chi connectivity index (χ3n) is 4.97. The molecule has 3 unspecified atom stereocenters. The lowest BCUT2D eigenvalue weighted by Gasteiger charge is -2.23. The van der Waals surface area contributed by atoms with Crippen LogP contribution in [0.25, 0.3) is 0 Å². The highest BCUT2D eigenvalue weighted by Gasteiger charge is 2.41. The number of ether oxygens (including phenoxy) is 1. The molecule has 2 N–H and O–H groups in total. The predicted octanol–water partition coefficient (Wildman–Crippen LogP) is 2.14. The molecule has 0 spiro atoms. The van der Waals surface area contributed by atoms with Crippen molar-refractivity contribution in [1.29, 1.82) is 0 Å². The molecule has 6 nitrogen and oxygen atoms in total. The molecule has 0 aliphatic carbocycles. The molecule has 0 radical (unpaired) electrons. The first kappa shape index (κ1) is 21.0. The number of carbonyl (C=O) groups excluding carboxylic acids is 1. The lowest BCUT2D eigenvalue weighted by atomic mass is 9.96. The van der Waals surface area contributed by atoms with E-state index in [-0.39, 0.29) is 29.9 Å². The second-order valence-corrected chi connectivity index (χ2v) is 6.84. The molecule has 1 aromatic rings. The highest BCUT2D eigenvalue weighted by molar-refractivity contribution is 14.0. The Morgan fingerprint density at radius 3 is 2.69 bits per heavy atom. The van der Waals surface area contributed by atoms with Gasteiger partial charge in [-0.25, -0.2) is 0 Å². The minimum absolute atomic E-state index is 0. The maximum Gasteiger partial charge on any atom is 0.224 e. The van der Waals surface area contributed by atoms with Crippen LogP contribution in [0.4, 0.5) is 0 Å². The first-order chi connectivity index (χ1) is 12.2. The van der Waals surface area contributed by atoms with Crippen LogP contribution >= 0.6 is 24.0 Å². The highest BCUT2D eigenvalue weighted by atomic mass is 127. The number of hydrogen-bond donors (Lipinski definition) is 2. The van der Waals surface area contributed by atoms with Crippen molar-refractivity contribution in [3.63, 3.8) is 0 Å². The van der Waals surface area contributed by atoms with Gasteiger partial charge in [0.05, 0.1) is 18.2 Å². The van der Waals surface area contributed by atoms with Crippen LogP contribution in [0.3, 0.4) is 0 Å². The monoisotopic (exact) mass is 472 g/mol. The van der Waals surface area contributed by atoms with Crippen molar-refractivity contribution in [1.82, 2.24) is 15.5 Å². The summed E-state index contributed by atoms with van der Waals surface area (Å²) in [6.45, 7) is 1.20. The number of rotatable bonds is 6. The molecule has 0 aromatic heterocycles. The molecule has 7 heteroatoms. The second-order valence-electron chi connectivity index (χ2n) is 6.84. The number of halogens is 1. The summed E-state index contributed by atoms with van der Waals surface area (Å²) >= 11 is 0. The zero-order valence-electron chi connectivity index (χ0n) is 15.5. The van der Waals surface area contributed by atoms with E-state index in [2.05, 4.69) is 15.6 Å². The summed E-state index contributed by atoms with van der Waals surface area (Å²) < 4.78 is 5.85. The number of nitrogens with zero attached hydrogens (tertiary/aromatic N) is 2. The normalized spacial score (nSPS) is 24.1. The summed E-state index contributed by atoms with van der Waals surface area (Å²) in [5, 5.41) is 6.67. The number of carbonyl (C=O) groups is 1. The quantitative estimate of drug-likeness (QED) is 0.379. The Morgan fingerprint density at radius 1 is 1.31 bits per heavy atom. The summed E-state index contributed by atoms with van der Waals surface area (Å²) in [6.07, 6.45) is 4.51. The van der Waals surface area contributed by atoms with Gasteiger partial charge in [0.2, 0.25) is 5.91 Å². The zero-order valence-corrected chi connectivity index (χ0v) is 17.8. The Morgan fingerprint density at radius 2 is 2.08 bits per heavy atom. The third-order valence-corrected chi connectivity index (χ3v) is 4.97. The summed E-state index contributed by atoms with van der Waals surface area (Å²) in [7, 11) is 3.60. The van der Waals surface area contributed by atoms with Gasteiger partial charge in [-0.15, -0.1) is 24.0 Å². The summed E-state index contributed by atoms with van der Waals surface area (Å²) in [5.74, 6) is 0.870. The van der Waals surface area contributed by atoms with Crippen LogP contribution in [0, 0.1) is 0 Å². The lowest BCUT2D eigenvalue weighted by Crippen LogP contribution is -2.48. The molecular formula is C19H29IN4O2. The molecular weight excluding hydrogens is 443 g/mol. The van der Waals surface area contributed by atoms with Gasteiger partial charge in [0.25, 0.3) is 0 Å². The molecule has 3 atom stereocenters. The lowest BCUT2D eigenvalue weighted by molar-refractivity contribution is -0.130. The molecule has 2 aliphatic rings. The SMILES string of the molecule is CN=C(NCCC(=O)N(C)Cc1ccccc1)NC1CC2CCC1O2.I. The van der Waals surface area contributed by atoms with Crippen LogP contribution < -0.4 is 10.6 Å². The Hall–Kier alpha value is -1.35. The van der Waals surface area contributed by atoms with E-state index < -0.39 is 0 Å². The van der Waals surface area contributed by atoms with Crippen LogP contribution in [0.1, 0.15) is 31.2 Å². The Labute approximate surface area is 172 Å². The average Bonchev–Trinajstić information content (AvgIpc) is 3.24. The van der Waals surface area contributed by atoms with Gasteiger partial charge in [-0.3, -0.25) is 9.79 Å². The Kier molecular flexibility index (Phi) is 8.15. The average molecular weight is 472 g/mol. The number of hydrogen-bond acceptors (Lipinski definition) is 3. The minimum atomic E-state index is 0. The number of aliphatic imine (C=N–C) groups is 1. The van der Waals surface area contributed by atoms with E-state index in [0.29, 0.717) is 37.8 Å². The molecule has 26 heavy (non-hydrogen) atoms. The summed E-state index contributed by atoms with van der Waals surface area (Å²) in [4.78, 5) is 18.3. The number of amides is 1. The standard InChI is InChI=1S/C19H28N4O2.HI/c1-20-19(22-16-12-15-8-9-17(16)25-15)21-11-10-18(24)23(2)13-14-6-4-3-5-7-14;/h3-7,15-17H,8-13H2,1-2H3,(H2,20,21,22);1H. The maximum absolute atomic E-state index is 12.3. The number of benzene rings is 1. The Balaban J connectivity index is 0.00000243. The molecule has 2 saturated heterocycles. The Bertz CT molecular complexity index is 611. The van der Waals surface area contributed by atoms with Crippen LogP contribution in [0.15, 0.2) is 35.3 Å². The van der Waals surface area contributed by atoms with Crippen molar-refractivity contribution in [2.45, 2.75) is 50.5 Å². The molecule has 1 aromatic carbocycles. The first-order valence-corrected chi connectivity index (χ1v) is 9.06. The van der Waals surface area contributed by atoms with E-state index in [9.17, 15) is 4.79 Å². The van der Waals surface area contributed by atoms with E-state index in [0.717, 1.165) is 24.4 Å². The molecule has 1 amide bonds. The van der Waals surface area contributed by atoms with Gasteiger partial charge in [-0.05, 0) is 24.8 Å². The zero-order chi connectivity index (χ0) is 17.6. The molecule has 2 heterocycles. The summed E-state index contributed by atoms with van der Waals surface area (Å²) in [6, 6.07) is 10.4. The van der Waals surface area contributed by atoms with E-state index >= 15 is 0 Å². The predicted molar refractivity (Wildman–Crippen MR) is 114 cm³/mol. The summed E-state index contributed by atoms with van der Waals surface area (Å²) in [5.41, 5.74) is 1.14. The number of nitrogens with one attached hydrogen (secondary N) is 2. The number of fused-ring (bicyclic) bond motifs is 2. The smallest absolute Gasteiger partial charge is 0.224 e. The number of guanidine groups is 1.